The summed E-state index contributed by atoms with van der Waals surface area (Å²) in [6.45, 7) is 0. The van der Waals surface area contributed by atoms with E-state index in [4.69, 9.17) is 10.5 Å². The number of alkyl halides is 3. The van der Waals surface area contributed by atoms with E-state index in [1.807, 2.05) is 0 Å². The van der Waals surface area contributed by atoms with E-state index in [-0.39, 0.29) is 5.69 Å². The van der Waals surface area contributed by atoms with Crippen LogP contribution in [0, 0.1) is 22.7 Å². The first-order valence-corrected chi connectivity index (χ1v) is 4.50. The second-order valence-electron chi connectivity index (χ2n) is 2.92. The van der Waals surface area contributed by atoms with Gasteiger partial charge >= 0.3 is 6.36 Å². The second kappa shape index (κ2) is 5.64. The van der Waals surface area contributed by atoms with Crippen LogP contribution in [0.25, 0.3) is 0 Å². The number of hydrogen-bond donors (Lipinski definition) is 0. The Morgan fingerprint density at radius 1 is 1.11 bits per heavy atom. The fraction of sp³-hybridized carbons (Fsp3) is 0.200. The lowest BCUT2D eigenvalue weighted by Crippen LogP contribution is -2.16. The Labute approximate surface area is 99.7 Å². The average Bonchev–Trinajstić information content (AvgIpc) is 2.30. The van der Waals surface area contributed by atoms with Crippen LogP contribution in [-0.4, -0.2) is 12.4 Å². The highest BCUT2D eigenvalue weighted by atomic mass is 19.4. The van der Waals surface area contributed by atoms with Gasteiger partial charge in [-0.1, -0.05) is 0 Å². The Hall–Kier alpha value is -2.61. The van der Waals surface area contributed by atoms with Gasteiger partial charge in [0.15, 0.2) is 0 Å². The van der Waals surface area contributed by atoms with Crippen LogP contribution in [0.2, 0.25) is 0 Å². The Morgan fingerprint density at radius 3 is 2.11 bits per heavy atom. The molecule has 0 spiro atoms. The molecule has 0 aliphatic rings. The summed E-state index contributed by atoms with van der Waals surface area (Å²) in [6, 6.07) is 6.44. The molecule has 0 aliphatic carbocycles. The minimum Gasteiger partial charge on any atom is -0.406 e. The maximum atomic E-state index is 11.9. The molecule has 0 saturated heterocycles. The van der Waals surface area contributed by atoms with E-state index in [1.54, 1.807) is 12.1 Å². The zero-order valence-electron chi connectivity index (χ0n) is 8.72. The third kappa shape index (κ3) is 4.49. The first-order valence-electron chi connectivity index (χ1n) is 4.50. The molecule has 0 aliphatic heterocycles. The summed E-state index contributed by atoms with van der Waals surface area (Å²) in [7, 11) is 0. The Bertz CT molecular complexity index is 496. The molecule has 8 heteroatoms. The van der Waals surface area contributed by atoms with E-state index in [0.29, 0.717) is 0 Å². The van der Waals surface area contributed by atoms with Gasteiger partial charge in [-0.15, -0.1) is 13.2 Å². The third-order valence-corrected chi connectivity index (χ3v) is 1.60. The Kier molecular flexibility index (Phi) is 4.22. The molecule has 0 N–H and O–H groups in total. The van der Waals surface area contributed by atoms with Gasteiger partial charge < -0.3 is 4.74 Å². The second-order valence-corrected chi connectivity index (χ2v) is 2.92. The van der Waals surface area contributed by atoms with Crippen molar-refractivity contribution in [2.75, 3.05) is 0 Å². The van der Waals surface area contributed by atoms with Crippen LogP contribution < -0.4 is 4.74 Å². The van der Waals surface area contributed by atoms with Gasteiger partial charge in [0.2, 0.25) is 6.04 Å². The summed E-state index contributed by atoms with van der Waals surface area (Å²) in [5, 5.41) is 23.7. The van der Waals surface area contributed by atoms with E-state index in [1.165, 1.54) is 12.1 Å². The number of azo groups is 1. The van der Waals surface area contributed by atoms with Gasteiger partial charge in [0.1, 0.15) is 17.9 Å². The standard InChI is InChI=1S/C10H5F3N4O/c11-10(12,13)18-9-3-1-7(2-4-9)16-17-8(5-14)6-15/h1-4,8H. The van der Waals surface area contributed by atoms with Gasteiger partial charge in [-0.25, -0.2) is 0 Å². The van der Waals surface area contributed by atoms with Gasteiger partial charge in [0, 0.05) is 0 Å². The van der Waals surface area contributed by atoms with E-state index < -0.39 is 18.2 Å². The third-order valence-electron chi connectivity index (χ3n) is 1.60. The Morgan fingerprint density at radius 2 is 1.67 bits per heavy atom. The van der Waals surface area contributed by atoms with Gasteiger partial charge in [-0.3, -0.25) is 0 Å². The van der Waals surface area contributed by atoms with Crippen molar-refractivity contribution in [2.24, 2.45) is 10.2 Å². The molecule has 0 atom stereocenters. The van der Waals surface area contributed by atoms with E-state index in [9.17, 15) is 13.2 Å². The molecule has 0 heterocycles. The van der Waals surface area contributed by atoms with Crippen molar-refractivity contribution in [1.82, 2.24) is 0 Å². The molecule has 0 saturated carbocycles. The Balaban J connectivity index is 2.73. The van der Waals surface area contributed by atoms with Crippen molar-refractivity contribution in [3.05, 3.63) is 24.3 Å². The summed E-state index contributed by atoms with van der Waals surface area (Å²) < 4.78 is 39.2. The highest BCUT2D eigenvalue weighted by Gasteiger charge is 2.30. The van der Waals surface area contributed by atoms with Crippen LogP contribution in [0.1, 0.15) is 0 Å². The van der Waals surface area contributed by atoms with Crippen LogP contribution in [0.5, 0.6) is 5.75 Å². The lowest BCUT2D eigenvalue weighted by Gasteiger charge is -2.07. The van der Waals surface area contributed by atoms with Gasteiger partial charge in [-0.05, 0) is 24.3 Å². The minimum atomic E-state index is -4.75. The largest absolute Gasteiger partial charge is 0.573 e. The number of hydrogen-bond acceptors (Lipinski definition) is 5. The molecule has 1 aromatic rings. The van der Waals surface area contributed by atoms with Crippen LogP contribution in [0.4, 0.5) is 18.9 Å². The predicted molar refractivity (Wildman–Crippen MR) is 52.7 cm³/mol. The highest BCUT2D eigenvalue weighted by molar-refractivity contribution is 5.40. The monoisotopic (exact) mass is 254 g/mol. The van der Waals surface area contributed by atoms with Crippen molar-refractivity contribution >= 4 is 5.69 Å². The number of nitrogens with zero attached hydrogens (tertiary/aromatic N) is 4. The van der Waals surface area contributed by atoms with E-state index in [2.05, 4.69) is 15.0 Å². The number of benzene rings is 1. The first kappa shape index (κ1) is 13.5. The van der Waals surface area contributed by atoms with Crippen molar-refractivity contribution < 1.29 is 17.9 Å². The molecule has 5 nitrogen and oxygen atoms in total. The lowest BCUT2D eigenvalue weighted by molar-refractivity contribution is -0.274. The summed E-state index contributed by atoms with van der Waals surface area (Å²) in [5.74, 6) is -0.390. The van der Waals surface area contributed by atoms with Crippen LogP contribution in [0.15, 0.2) is 34.5 Å². The van der Waals surface area contributed by atoms with E-state index in [0.717, 1.165) is 12.1 Å². The van der Waals surface area contributed by atoms with Crippen LogP contribution >= 0.6 is 0 Å². The van der Waals surface area contributed by atoms with Crippen molar-refractivity contribution in [1.29, 1.82) is 10.5 Å². The van der Waals surface area contributed by atoms with Gasteiger partial charge in [0.05, 0.1) is 5.69 Å². The molecule has 0 fully saturated rings. The van der Waals surface area contributed by atoms with Crippen molar-refractivity contribution in [3.63, 3.8) is 0 Å². The topological polar surface area (TPSA) is 81.5 Å². The average molecular weight is 254 g/mol. The number of ether oxygens (including phenoxy) is 1. The van der Waals surface area contributed by atoms with Crippen LogP contribution in [0.3, 0.4) is 0 Å². The summed E-state index contributed by atoms with van der Waals surface area (Å²) in [5.41, 5.74) is 0.208. The predicted octanol–water partition coefficient (Wildman–Crippen LogP) is 3.08. The van der Waals surface area contributed by atoms with Gasteiger partial charge in [-0.2, -0.15) is 20.8 Å². The van der Waals surface area contributed by atoms with Gasteiger partial charge in [0.25, 0.3) is 0 Å². The molecule has 1 rings (SSSR count). The minimum absolute atomic E-state index is 0.208. The molecular formula is C10H5F3N4O. The summed E-state index contributed by atoms with van der Waals surface area (Å²) in [4.78, 5) is 0. The molecule has 0 amide bonds. The quantitative estimate of drug-likeness (QED) is 0.777. The lowest BCUT2D eigenvalue weighted by atomic mass is 10.3. The molecular weight excluding hydrogens is 249 g/mol. The maximum Gasteiger partial charge on any atom is 0.573 e. The summed E-state index contributed by atoms with van der Waals surface area (Å²) in [6.07, 6.45) is -4.75. The molecule has 0 radical (unpaired) electrons. The normalized spacial score (nSPS) is 11.2. The van der Waals surface area contributed by atoms with Crippen molar-refractivity contribution in [2.45, 2.75) is 12.4 Å². The number of rotatable bonds is 3. The molecule has 1 aromatic carbocycles. The zero-order valence-corrected chi connectivity index (χ0v) is 8.72. The highest BCUT2D eigenvalue weighted by Crippen LogP contribution is 2.24. The van der Waals surface area contributed by atoms with Crippen molar-refractivity contribution in [3.8, 4) is 17.9 Å². The van der Waals surface area contributed by atoms with E-state index >= 15 is 0 Å². The molecule has 92 valence electrons. The number of halogens is 3. The first-order chi connectivity index (χ1) is 8.44. The maximum absolute atomic E-state index is 11.9. The molecule has 0 unspecified atom stereocenters. The molecule has 0 aromatic heterocycles. The molecule has 18 heavy (non-hydrogen) atoms. The fourth-order valence-electron chi connectivity index (χ4n) is 0.919. The summed E-state index contributed by atoms with van der Waals surface area (Å²) >= 11 is 0. The van der Waals surface area contributed by atoms with Crippen LogP contribution in [-0.2, 0) is 0 Å². The molecule has 0 bridgehead atoms. The zero-order chi connectivity index (χ0) is 13.6. The smallest absolute Gasteiger partial charge is 0.406 e. The fourth-order valence-corrected chi connectivity index (χ4v) is 0.919. The number of nitriles is 2. The SMILES string of the molecule is N#CC(C#N)N=Nc1ccc(OC(F)(F)F)cc1.